The molecule has 35 heavy (non-hydrogen) atoms. The predicted octanol–water partition coefficient (Wildman–Crippen LogP) is 5.78. The number of carbonyl (C=O) groups is 2. The van der Waals surface area contributed by atoms with Crippen LogP contribution in [0.4, 0.5) is 0 Å². The van der Waals surface area contributed by atoms with Gasteiger partial charge in [0.15, 0.2) is 11.9 Å². The van der Waals surface area contributed by atoms with Gasteiger partial charge in [0.05, 0.1) is 23.7 Å². The topological polar surface area (TPSA) is 79.8 Å². The number of Topliss-reactive ketones (excluding diaryl/α,β-unsaturated/α-hetero) is 1. The van der Waals surface area contributed by atoms with Crippen molar-refractivity contribution in [3.05, 3.63) is 55.4 Å². The van der Waals surface area contributed by atoms with Crippen molar-refractivity contribution < 1.29 is 14.4 Å². The molecule has 0 saturated carbocycles. The molecular formula is C27H38ClN3O3S. The average Bonchev–Trinajstić information content (AvgIpc) is 3.24. The summed E-state index contributed by atoms with van der Waals surface area (Å²) in [5.41, 5.74) is 4.99. The van der Waals surface area contributed by atoms with Crippen LogP contribution < -0.4 is 10.6 Å². The highest BCUT2D eigenvalue weighted by Crippen LogP contribution is 2.35. The highest BCUT2D eigenvalue weighted by molar-refractivity contribution is 8.08. The number of nitrogens with one attached hydrogen (secondary N) is 2. The zero-order valence-electron chi connectivity index (χ0n) is 21.9. The Labute approximate surface area is 219 Å². The molecule has 0 aromatic rings. The standard InChI is InChI=1S/C27H38ClN3O3S/c1-8-25(23-12-24(34-31-23)20-10-9-18(6)19(7)22(28)11-20)35-26(17(4)5)27(33)30-15-21(32)14-29-13-16(2)3/h8,10-11,16,24,29H,9,12-15H2,1-7H3,(H,30,33)/b25-8-. The molecule has 2 rings (SSSR count). The molecule has 0 aromatic heterocycles. The molecular weight excluding hydrogens is 482 g/mol. The Morgan fingerprint density at radius 2 is 2.00 bits per heavy atom. The molecule has 1 aliphatic heterocycles. The van der Waals surface area contributed by atoms with Crippen LogP contribution in [-0.2, 0) is 14.4 Å². The van der Waals surface area contributed by atoms with E-state index in [1.54, 1.807) is 0 Å². The van der Waals surface area contributed by atoms with Crippen molar-refractivity contribution in [2.24, 2.45) is 11.1 Å². The van der Waals surface area contributed by atoms with Crippen molar-refractivity contribution in [2.75, 3.05) is 19.6 Å². The van der Waals surface area contributed by atoms with Crippen LogP contribution >= 0.6 is 23.4 Å². The summed E-state index contributed by atoms with van der Waals surface area (Å²) in [5.74, 6) is 0.146. The minimum absolute atomic E-state index is 0.00725. The van der Waals surface area contributed by atoms with Crippen molar-refractivity contribution in [2.45, 2.75) is 67.4 Å². The SMILES string of the molecule is C/C=C(\SC(C(=O)NCC(=O)CNCC(C)C)=C(C)C)C1=NOC(C2=CCC(C)=C(C)C(Cl)=C2)C1. The van der Waals surface area contributed by atoms with E-state index in [1.807, 2.05) is 39.8 Å². The van der Waals surface area contributed by atoms with E-state index in [-0.39, 0.29) is 30.9 Å². The maximum absolute atomic E-state index is 12.9. The van der Waals surface area contributed by atoms with Crippen molar-refractivity contribution in [3.8, 4) is 0 Å². The summed E-state index contributed by atoms with van der Waals surface area (Å²) in [4.78, 5) is 32.2. The summed E-state index contributed by atoms with van der Waals surface area (Å²) in [6.45, 7) is 15.0. The number of carbonyl (C=O) groups excluding carboxylic acids is 2. The molecule has 1 unspecified atom stereocenters. The van der Waals surface area contributed by atoms with Crippen LogP contribution in [0.15, 0.2) is 60.5 Å². The Hall–Kier alpha value is -2.09. The van der Waals surface area contributed by atoms with Crippen LogP contribution in [-0.4, -0.2) is 43.1 Å². The number of thioether (sulfide) groups is 1. The Morgan fingerprint density at radius 3 is 2.63 bits per heavy atom. The van der Waals surface area contributed by atoms with E-state index in [2.05, 4.69) is 42.6 Å². The fourth-order valence-electron chi connectivity index (χ4n) is 3.46. The van der Waals surface area contributed by atoms with E-state index in [0.29, 0.717) is 17.2 Å². The van der Waals surface area contributed by atoms with Gasteiger partial charge in [-0.05, 0) is 70.7 Å². The quantitative estimate of drug-likeness (QED) is 0.338. The van der Waals surface area contributed by atoms with Gasteiger partial charge in [0, 0.05) is 16.4 Å². The van der Waals surface area contributed by atoms with Crippen molar-refractivity contribution >= 4 is 40.8 Å². The molecule has 8 heteroatoms. The van der Waals surface area contributed by atoms with Crippen molar-refractivity contribution in [1.29, 1.82) is 0 Å². The molecule has 6 nitrogen and oxygen atoms in total. The Bertz CT molecular complexity index is 1010. The lowest BCUT2D eigenvalue weighted by Crippen LogP contribution is -2.36. The van der Waals surface area contributed by atoms with Crippen LogP contribution in [0.2, 0.25) is 0 Å². The molecule has 2 N–H and O–H groups in total. The molecule has 1 atom stereocenters. The Balaban J connectivity index is 1.99. The van der Waals surface area contributed by atoms with Crippen LogP contribution in [0, 0.1) is 5.92 Å². The lowest BCUT2D eigenvalue weighted by atomic mass is 10.0. The largest absolute Gasteiger partial charge is 0.387 e. The van der Waals surface area contributed by atoms with Gasteiger partial charge in [-0.15, -0.1) is 0 Å². The summed E-state index contributed by atoms with van der Waals surface area (Å²) < 4.78 is 0. The Morgan fingerprint density at radius 1 is 1.29 bits per heavy atom. The zero-order chi connectivity index (χ0) is 26.1. The minimum Gasteiger partial charge on any atom is -0.387 e. The summed E-state index contributed by atoms with van der Waals surface area (Å²) >= 11 is 7.83. The number of amides is 1. The van der Waals surface area contributed by atoms with E-state index in [9.17, 15) is 9.59 Å². The summed E-state index contributed by atoms with van der Waals surface area (Å²) in [5, 5.41) is 10.9. The first-order valence-electron chi connectivity index (χ1n) is 12.0. The van der Waals surface area contributed by atoms with E-state index < -0.39 is 0 Å². The minimum atomic E-state index is -0.263. The van der Waals surface area contributed by atoms with Gasteiger partial charge in [-0.2, -0.15) is 0 Å². The zero-order valence-corrected chi connectivity index (χ0v) is 23.5. The maximum Gasteiger partial charge on any atom is 0.258 e. The van der Waals surface area contributed by atoms with E-state index in [4.69, 9.17) is 16.4 Å². The van der Waals surface area contributed by atoms with Gasteiger partial charge in [-0.3, -0.25) is 9.59 Å². The highest BCUT2D eigenvalue weighted by atomic mass is 35.5. The molecule has 2 aliphatic rings. The third-order valence-corrected chi connectivity index (χ3v) is 7.60. The second-order valence-corrected chi connectivity index (χ2v) is 10.9. The fraction of sp³-hybridized carbons (Fsp3) is 0.519. The Kier molecular flexibility index (Phi) is 11.5. The lowest BCUT2D eigenvalue weighted by molar-refractivity contribution is -0.122. The van der Waals surface area contributed by atoms with Crippen molar-refractivity contribution in [3.63, 3.8) is 0 Å². The monoisotopic (exact) mass is 519 g/mol. The molecule has 1 aliphatic carbocycles. The smallest absolute Gasteiger partial charge is 0.258 e. The number of nitrogens with zero attached hydrogens (tertiary/aromatic N) is 1. The van der Waals surface area contributed by atoms with Gasteiger partial charge in [-0.25, -0.2) is 0 Å². The molecule has 1 heterocycles. The number of allylic oxidation sites excluding steroid dienone is 7. The molecule has 0 spiro atoms. The summed E-state index contributed by atoms with van der Waals surface area (Å²) in [6.07, 6.45) is 7.24. The summed E-state index contributed by atoms with van der Waals surface area (Å²) in [6, 6.07) is 0. The first-order valence-corrected chi connectivity index (χ1v) is 13.2. The maximum atomic E-state index is 12.9. The first-order chi connectivity index (χ1) is 16.5. The normalized spacial score (nSPS) is 18.5. The molecule has 0 bridgehead atoms. The number of rotatable bonds is 11. The third kappa shape index (κ3) is 8.81. The van der Waals surface area contributed by atoms with E-state index in [1.165, 1.54) is 17.3 Å². The average molecular weight is 520 g/mol. The van der Waals surface area contributed by atoms with Gasteiger partial charge in [0.1, 0.15) is 0 Å². The van der Waals surface area contributed by atoms with Crippen molar-refractivity contribution in [1.82, 2.24) is 10.6 Å². The van der Waals surface area contributed by atoms with Gasteiger partial charge in [0.2, 0.25) is 0 Å². The number of halogens is 1. The van der Waals surface area contributed by atoms with Gasteiger partial charge >= 0.3 is 0 Å². The van der Waals surface area contributed by atoms with Gasteiger partial charge < -0.3 is 15.5 Å². The third-order valence-electron chi connectivity index (χ3n) is 5.72. The number of hydrogen-bond donors (Lipinski definition) is 2. The molecule has 0 aromatic carbocycles. The van der Waals surface area contributed by atoms with Crippen LogP contribution in [0.1, 0.15) is 61.3 Å². The lowest BCUT2D eigenvalue weighted by Gasteiger charge is -2.13. The molecule has 0 saturated heterocycles. The second-order valence-electron chi connectivity index (χ2n) is 9.47. The van der Waals surface area contributed by atoms with Crippen LogP contribution in [0.3, 0.4) is 0 Å². The van der Waals surface area contributed by atoms with Gasteiger partial charge in [0.25, 0.3) is 5.91 Å². The molecule has 0 radical (unpaired) electrons. The van der Waals surface area contributed by atoms with Crippen LogP contribution in [0.5, 0.6) is 0 Å². The summed E-state index contributed by atoms with van der Waals surface area (Å²) in [7, 11) is 0. The highest BCUT2D eigenvalue weighted by Gasteiger charge is 2.28. The first kappa shape index (κ1) is 29.1. The molecule has 0 fully saturated rings. The fourth-order valence-corrected chi connectivity index (χ4v) is 4.69. The van der Waals surface area contributed by atoms with E-state index in [0.717, 1.165) is 45.3 Å². The molecule has 1 amide bonds. The van der Waals surface area contributed by atoms with E-state index >= 15 is 0 Å². The van der Waals surface area contributed by atoms with Gasteiger partial charge in [-0.1, -0.05) is 65.7 Å². The molecule has 192 valence electrons. The predicted molar refractivity (Wildman–Crippen MR) is 147 cm³/mol. The number of ketones is 1. The van der Waals surface area contributed by atoms with Crippen LogP contribution in [0.25, 0.3) is 0 Å². The number of hydrogen-bond acceptors (Lipinski definition) is 6. The number of oxime groups is 1. The second kappa shape index (κ2) is 13.9.